The van der Waals surface area contributed by atoms with Crippen LogP contribution in [0, 0.1) is 0 Å². The van der Waals surface area contributed by atoms with Crippen molar-refractivity contribution in [2.45, 2.75) is 6.18 Å². The molecule has 0 spiro atoms. The van der Waals surface area contributed by atoms with Crippen molar-refractivity contribution in [1.82, 2.24) is 9.97 Å². The Labute approximate surface area is 181 Å². The lowest BCUT2D eigenvalue weighted by Gasteiger charge is -2.14. The first-order chi connectivity index (χ1) is 14.8. The maximum Gasteiger partial charge on any atom is 0.417 e. The summed E-state index contributed by atoms with van der Waals surface area (Å²) in [5, 5.41) is 6.08. The summed E-state index contributed by atoms with van der Waals surface area (Å²) >= 11 is 6.22. The summed E-state index contributed by atoms with van der Waals surface area (Å²) in [7, 11) is 1.55. The molecule has 1 amide bonds. The van der Waals surface area contributed by atoms with E-state index in [-0.39, 0.29) is 11.4 Å². The Kier molecular flexibility index (Phi) is 7.09. The highest BCUT2D eigenvalue weighted by Gasteiger charge is 2.30. The Morgan fingerprint density at radius 3 is 2.61 bits per heavy atom. The second-order valence-electron chi connectivity index (χ2n) is 6.40. The molecule has 0 aliphatic heterocycles. The summed E-state index contributed by atoms with van der Waals surface area (Å²) < 4.78 is 43.1. The second kappa shape index (κ2) is 9.76. The Morgan fingerprint density at radius 2 is 1.97 bits per heavy atom. The van der Waals surface area contributed by atoms with Gasteiger partial charge in [0.05, 0.1) is 28.5 Å². The van der Waals surface area contributed by atoms with Gasteiger partial charge in [-0.3, -0.25) is 9.78 Å². The Morgan fingerprint density at radius 1 is 1.16 bits per heavy atom. The van der Waals surface area contributed by atoms with E-state index in [1.807, 2.05) is 0 Å². The molecule has 0 aliphatic rings. The molecule has 0 bridgehead atoms. The van der Waals surface area contributed by atoms with Crippen molar-refractivity contribution in [1.29, 1.82) is 0 Å². The number of hydrogen-bond donors (Lipinski definition) is 2. The largest absolute Gasteiger partial charge is 0.417 e. The van der Waals surface area contributed by atoms with Gasteiger partial charge in [-0.1, -0.05) is 17.7 Å². The number of rotatable bonds is 7. The van der Waals surface area contributed by atoms with E-state index >= 15 is 0 Å². The molecule has 0 unspecified atom stereocenters. The normalized spacial score (nSPS) is 11.3. The smallest absolute Gasteiger partial charge is 0.383 e. The van der Waals surface area contributed by atoms with Crippen LogP contribution in [0.3, 0.4) is 0 Å². The number of alkyl halides is 3. The molecule has 2 aromatic heterocycles. The summed E-state index contributed by atoms with van der Waals surface area (Å²) in [4.78, 5) is 20.7. The monoisotopic (exact) mass is 450 g/mol. The van der Waals surface area contributed by atoms with Crippen molar-refractivity contribution >= 4 is 29.0 Å². The van der Waals surface area contributed by atoms with Crippen LogP contribution in [0.25, 0.3) is 11.3 Å². The first-order valence-corrected chi connectivity index (χ1v) is 9.49. The number of nitrogens with one attached hydrogen (secondary N) is 2. The van der Waals surface area contributed by atoms with Crippen molar-refractivity contribution in [3.8, 4) is 11.3 Å². The topological polar surface area (TPSA) is 76.1 Å². The fourth-order valence-corrected chi connectivity index (χ4v) is 2.97. The summed E-state index contributed by atoms with van der Waals surface area (Å²) in [6.07, 6.45) is -2.23. The predicted octanol–water partition coefficient (Wildman–Crippen LogP) is 5.13. The van der Waals surface area contributed by atoms with Gasteiger partial charge in [0, 0.05) is 37.3 Å². The minimum absolute atomic E-state index is 0.00214. The molecule has 10 heteroatoms. The summed E-state index contributed by atoms with van der Waals surface area (Å²) in [6, 6.07) is 10.4. The van der Waals surface area contributed by atoms with Crippen LogP contribution in [0.2, 0.25) is 5.02 Å². The molecule has 31 heavy (non-hydrogen) atoms. The highest BCUT2D eigenvalue weighted by atomic mass is 35.5. The summed E-state index contributed by atoms with van der Waals surface area (Å²) in [5.41, 5.74) is 1.10. The third-order valence-corrected chi connectivity index (χ3v) is 4.56. The lowest BCUT2D eigenvalue weighted by Crippen LogP contribution is -2.17. The van der Waals surface area contributed by atoms with Crippen molar-refractivity contribution < 1.29 is 22.7 Å². The van der Waals surface area contributed by atoms with Gasteiger partial charge in [-0.15, -0.1) is 0 Å². The number of anilines is 2. The van der Waals surface area contributed by atoms with Crippen molar-refractivity contribution in [3.63, 3.8) is 0 Å². The zero-order chi connectivity index (χ0) is 22.4. The van der Waals surface area contributed by atoms with E-state index < -0.39 is 17.6 Å². The number of nitrogens with zero attached hydrogens (tertiary/aromatic N) is 2. The van der Waals surface area contributed by atoms with E-state index in [0.717, 1.165) is 12.1 Å². The average molecular weight is 451 g/mol. The van der Waals surface area contributed by atoms with Crippen LogP contribution in [0.4, 0.5) is 24.7 Å². The van der Waals surface area contributed by atoms with Gasteiger partial charge in [-0.25, -0.2) is 4.98 Å². The van der Waals surface area contributed by atoms with Gasteiger partial charge in [0.2, 0.25) is 0 Å². The maximum atomic E-state index is 12.8. The SMILES string of the molecule is COCCNc1cc(-c2ncccc2Cl)ccc1C(=O)Nc1ccc(C(F)(F)F)cn1. The Hall–Kier alpha value is -3.17. The van der Waals surface area contributed by atoms with Crippen LogP contribution >= 0.6 is 11.6 Å². The zero-order valence-electron chi connectivity index (χ0n) is 16.3. The third kappa shape index (κ3) is 5.71. The van der Waals surface area contributed by atoms with E-state index in [1.165, 1.54) is 0 Å². The minimum atomic E-state index is -4.50. The molecule has 2 heterocycles. The number of methoxy groups -OCH3 is 1. The van der Waals surface area contributed by atoms with Gasteiger partial charge in [-0.05, 0) is 36.4 Å². The van der Waals surface area contributed by atoms with E-state index in [0.29, 0.717) is 41.3 Å². The molecule has 162 valence electrons. The summed E-state index contributed by atoms with van der Waals surface area (Å²) in [5.74, 6) is -0.538. The zero-order valence-corrected chi connectivity index (χ0v) is 17.1. The number of amides is 1. The molecular weight excluding hydrogens is 433 g/mol. The number of pyridine rings is 2. The lowest BCUT2D eigenvalue weighted by atomic mass is 10.0. The number of carbonyl (C=O) groups is 1. The van der Waals surface area contributed by atoms with Gasteiger partial charge in [0.25, 0.3) is 5.91 Å². The fraction of sp³-hybridized carbons (Fsp3) is 0.190. The number of benzene rings is 1. The minimum Gasteiger partial charge on any atom is -0.383 e. The highest BCUT2D eigenvalue weighted by molar-refractivity contribution is 6.33. The van der Waals surface area contributed by atoms with Crippen LogP contribution in [0.5, 0.6) is 0 Å². The van der Waals surface area contributed by atoms with Gasteiger partial charge in [-0.2, -0.15) is 13.2 Å². The first-order valence-electron chi connectivity index (χ1n) is 9.12. The van der Waals surface area contributed by atoms with Crippen LogP contribution < -0.4 is 10.6 Å². The number of hydrogen-bond acceptors (Lipinski definition) is 5. The molecule has 0 radical (unpaired) electrons. The Balaban J connectivity index is 1.87. The van der Waals surface area contributed by atoms with Crippen LogP contribution in [0.15, 0.2) is 54.9 Å². The molecule has 0 fully saturated rings. The number of carbonyl (C=O) groups excluding carboxylic acids is 1. The average Bonchev–Trinajstić information content (AvgIpc) is 2.74. The molecule has 3 rings (SSSR count). The molecule has 0 saturated carbocycles. The fourth-order valence-electron chi connectivity index (χ4n) is 2.74. The van der Waals surface area contributed by atoms with Crippen LogP contribution in [0.1, 0.15) is 15.9 Å². The number of aromatic nitrogens is 2. The molecule has 1 aromatic carbocycles. The van der Waals surface area contributed by atoms with Crippen LogP contribution in [-0.2, 0) is 10.9 Å². The van der Waals surface area contributed by atoms with Gasteiger partial charge in [0.15, 0.2) is 0 Å². The van der Waals surface area contributed by atoms with Gasteiger partial charge in [0.1, 0.15) is 5.82 Å². The van der Waals surface area contributed by atoms with E-state index in [1.54, 1.807) is 43.6 Å². The van der Waals surface area contributed by atoms with Crippen molar-refractivity contribution in [2.75, 3.05) is 30.9 Å². The Bertz CT molecular complexity index is 1060. The second-order valence-corrected chi connectivity index (χ2v) is 6.80. The number of ether oxygens (including phenoxy) is 1. The van der Waals surface area contributed by atoms with E-state index in [2.05, 4.69) is 20.6 Å². The van der Waals surface area contributed by atoms with Crippen LogP contribution in [-0.4, -0.2) is 36.1 Å². The lowest BCUT2D eigenvalue weighted by molar-refractivity contribution is -0.137. The standard InChI is InChI=1S/C21H18ClF3N4O2/c1-31-10-9-26-17-11-13(19-16(22)3-2-8-27-19)4-6-15(17)20(30)29-18-7-5-14(12-28-18)21(23,24)25/h2-8,11-12,26H,9-10H2,1H3,(H,28,29,30). The quantitative estimate of drug-likeness (QED) is 0.488. The highest BCUT2D eigenvalue weighted by Crippen LogP contribution is 2.31. The van der Waals surface area contributed by atoms with Crippen molar-refractivity contribution in [3.05, 3.63) is 71.0 Å². The molecule has 3 aromatic rings. The van der Waals surface area contributed by atoms with Gasteiger partial charge >= 0.3 is 6.18 Å². The molecule has 6 nitrogen and oxygen atoms in total. The molecule has 0 saturated heterocycles. The maximum absolute atomic E-state index is 12.8. The molecule has 0 atom stereocenters. The van der Waals surface area contributed by atoms with E-state index in [4.69, 9.17) is 16.3 Å². The predicted molar refractivity (Wildman–Crippen MR) is 112 cm³/mol. The first kappa shape index (κ1) is 22.5. The molecular formula is C21H18ClF3N4O2. The number of halogens is 4. The molecule has 2 N–H and O–H groups in total. The van der Waals surface area contributed by atoms with Gasteiger partial charge < -0.3 is 15.4 Å². The van der Waals surface area contributed by atoms with Crippen molar-refractivity contribution in [2.24, 2.45) is 0 Å². The summed E-state index contributed by atoms with van der Waals surface area (Å²) in [6.45, 7) is 0.824. The third-order valence-electron chi connectivity index (χ3n) is 4.25. The molecule has 0 aliphatic carbocycles. The van der Waals surface area contributed by atoms with E-state index in [9.17, 15) is 18.0 Å².